The quantitative estimate of drug-likeness (QED) is 0.624. The molecule has 2 unspecified atom stereocenters. The molecule has 0 aliphatic carbocycles. The fraction of sp³-hybridized carbons (Fsp3) is 0.571. The lowest BCUT2D eigenvalue weighted by Gasteiger charge is -2.26. The summed E-state index contributed by atoms with van der Waals surface area (Å²) >= 11 is 0. The molecule has 0 aliphatic rings. The highest BCUT2D eigenvalue weighted by atomic mass is 19.4. The van der Waals surface area contributed by atoms with Crippen LogP contribution in [-0.4, -0.2) is 12.4 Å². The Labute approximate surface area is 117 Å². The van der Waals surface area contributed by atoms with Crippen LogP contribution in [0.1, 0.15) is 26.3 Å². The van der Waals surface area contributed by atoms with Crippen LogP contribution in [0, 0.1) is 11.8 Å². The number of nitrogens with two attached hydrogens (primary N) is 1. The number of hydrogen-bond donors (Lipinski definition) is 2. The second-order valence-corrected chi connectivity index (χ2v) is 5.27. The summed E-state index contributed by atoms with van der Waals surface area (Å²) in [6.45, 7) is 6.31. The molecule has 1 aromatic carbocycles. The van der Waals surface area contributed by atoms with Gasteiger partial charge in [0.1, 0.15) is 5.75 Å². The van der Waals surface area contributed by atoms with Gasteiger partial charge in [-0.25, -0.2) is 0 Å². The van der Waals surface area contributed by atoms with Crippen molar-refractivity contribution in [2.24, 2.45) is 17.7 Å². The van der Waals surface area contributed by atoms with E-state index in [1.165, 1.54) is 12.1 Å². The molecule has 3 N–H and O–H groups in total. The molecule has 0 saturated carbocycles. The summed E-state index contributed by atoms with van der Waals surface area (Å²) in [4.78, 5) is 0. The van der Waals surface area contributed by atoms with Crippen LogP contribution in [0.3, 0.4) is 0 Å². The van der Waals surface area contributed by atoms with E-state index in [1.54, 1.807) is 12.1 Å². The number of alkyl halides is 3. The Hall–Kier alpha value is -1.27. The van der Waals surface area contributed by atoms with Gasteiger partial charge in [0.25, 0.3) is 0 Å². The Balaban J connectivity index is 2.69. The van der Waals surface area contributed by atoms with Crippen LogP contribution in [0.15, 0.2) is 24.3 Å². The SMILES string of the molecule is CC(C)C(C)C(Cc1ccc(OC(F)(F)F)cc1)NN. The number of hydrazine groups is 1. The molecule has 20 heavy (non-hydrogen) atoms. The normalized spacial score (nSPS) is 15.2. The zero-order valence-electron chi connectivity index (χ0n) is 11.9. The number of hydrogen-bond acceptors (Lipinski definition) is 3. The first-order valence-corrected chi connectivity index (χ1v) is 6.53. The molecule has 0 saturated heterocycles. The molecule has 0 bridgehead atoms. The van der Waals surface area contributed by atoms with E-state index in [9.17, 15) is 13.2 Å². The van der Waals surface area contributed by atoms with E-state index in [1.807, 2.05) is 0 Å². The van der Waals surface area contributed by atoms with Gasteiger partial charge in [-0.05, 0) is 36.0 Å². The van der Waals surface area contributed by atoms with E-state index in [0.717, 1.165) is 5.56 Å². The van der Waals surface area contributed by atoms with E-state index in [4.69, 9.17) is 5.84 Å². The van der Waals surface area contributed by atoms with Crippen molar-refractivity contribution in [3.8, 4) is 5.75 Å². The number of rotatable bonds is 6. The second-order valence-electron chi connectivity index (χ2n) is 5.27. The Morgan fingerprint density at radius 1 is 1.15 bits per heavy atom. The molecule has 0 aliphatic heterocycles. The maximum Gasteiger partial charge on any atom is 0.573 e. The van der Waals surface area contributed by atoms with E-state index < -0.39 is 6.36 Å². The molecule has 0 amide bonds. The van der Waals surface area contributed by atoms with Gasteiger partial charge in [-0.2, -0.15) is 0 Å². The molecule has 0 heterocycles. The highest BCUT2D eigenvalue weighted by Crippen LogP contribution is 2.24. The molecule has 2 atom stereocenters. The minimum atomic E-state index is -4.66. The molecule has 1 aromatic rings. The van der Waals surface area contributed by atoms with Gasteiger partial charge in [0.15, 0.2) is 0 Å². The number of ether oxygens (including phenoxy) is 1. The second kappa shape index (κ2) is 6.95. The lowest BCUT2D eigenvalue weighted by molar-refractivity contribution is -0.274. The first-order chi connectivity index (χ1) is 9.23. The Morgan fingerprint density at radius 3 is 2.10 bits per heavy atom. The van der Waals surface area contributed by atoms with Gasteiger partial charge in [-0.3, -0.25) is 11.3 Å². The summed E-state index contributed by atoms with van der Waals surface area (Å²) in [6.07, 6.45) is -4.00. The van der Waals surface area contributed by atoms with Crippen LogP contribution >= 0.6 is 0 Å². The van der Waals surface area contributed by atoms with Crippen molar-refractivity contribution in [3.63, 3.8) is 0 Å². The minimum Gasteiger partial charge on any atom is -0.406 e. The fourth-order valence-electron chi connectivity index (χ4n) is 1.94. The maximum atomic E-state index is 12.1. The van der Waals surface area contributed by atoms with Gasteiger partial charge < -0.3 is 4.74 Å². The van der Waals surface area contributed by atoms with Crippen molar-refractivity contribution in [2.75, 3.05) is 0 Å². The van der Waals surface area contributed by atoms with Crippen LogP contribution in [0.2, 0.25) is 0 Å². The predicted octanol–water partition coefficient (Wildman–Crippen LogP) is 3.25. The van der Waals surface area contributed by atoms with E-state index >= 15 is 0 Å². The summed E-state index contributed by atoms with van der Waals surface area (Å²) in [5, 5.41) is 0. The van der Waals surface area contributed by atoms with Crippen molar-refractivity contribution in [3.05, 3.63) is 29.8 Å². The molecule has 3 nitrogen and oxygen atoms in total. The number of halogens is 3. The van der Waals surface area contributed by atoms with Crippen LogP contribution in [0.4, 0.5) is 13.2 Å². The predicted molar refractivity (Wildman–Crippen MR) is 71.9 cm³/mol. The third-order valence-corrected chi connectivity index (χ3v) is 3.51. The Morgan fingerprint density at radius 2 is 1.70 bits per heavy atom. The van der Waals surface area contributed by atoms with Crippen LogP contribution in [0.25, 0.3) is 0 Å². The number of benzene rings is 1. The van der Waals surface area contributed by atoms with E-state index in [2.05, 4.69) is 30.9 Å². The van der Waals surface area contributed by atoms with E-state index in [-0.39, 0.29) is 11.8 Å². The highest BCUT2D eigenvalue weighted by molar-refractivity contribution is 5.28. The van der Waals surface area contributed by atoms with Crippen molar-refractivity contribution >= 4 is 0 Å². The molecular weight excluding hydrogens is 269 g/mol. The van der Waals surface area contributed by atoms with Crippen LogP contribution in [0.5, 0.6) is 5.75 Å². The standard InChI is InChI=1S/C14H21F3N2O/c1-9(2)10(3)13(19-18)8-11-4-6-12(7-5-11)20-14(15,16)17/h4-7,9-10,13,19H,8,18H2,1-3H3. The van der Waals surface area contributed by atoms with Crippen LogP contribution < -0.4 is 16.0 Å². The number of nitrogens with one attached hydrogen (secondary N) is 1. The summed E-state index contributed by atoms with van der Waals surface area (Å²) in [5.41, 5.74) is 3.69. The van der Waals surface area contributed by atoms with E-state index in [0.29, 0.717) is 18.3 Å². The monoisotopic (exact) mass is 290 g/mol. The zero-order valence-corrected chi connectivity index (χ0v) is 11.9. The van der Waals surface area contributed by atoms with Gasteiger partial charge >= 0.3 is 6.36 Å². The molecule has 114 valence electrons. The lowest BCUT2D eigenvalue weighted by atomic mass is 9.87. The van der Waals surface area contributed by atoms with Crippen molar-refractivity contribution in [1.29, 1.82) is 0 Å². The topological polar surface area (TPSA) is 47.3 Å². The third-order valence-electron chi connectivity index (χ3n) is 3.51. The van der Waals surface area contributed by atoms with Gasteiger partial charge in [-0.1, -0.05) is 32.9 Å². The molecule has 0 radical (unpaired) electrons. The van der Waals surface area contributed by atoms with Crippen molar-refractivity contribution < 1.29 is 17.9 Å². The van der Waals surface area contributed by atoms with Gasteiger partial charge in [0.05, 0.1) is 0 Å². The van der Waals surface area contributed by atoms with Crippen molar-refractivity contribution in [2.45, 2.75) is 39.6 Å². The maximum absolute atomic E-state index is 12.1. The van der Waals surface area contributed by atoms with Gasteiger partial charge in [-0.15, -0.1) is 13.2 Å². The highest BCUT2D eigenvalue weighted by Gasteiger charge is 2.31. The first kappa shape index (κ1) is 16.8. The first-order valence-electron chi connectivity index (χ1n) is 6.53. The van der Waals surface area contributed by atoms with Gasteiger partial charge in [0, 0.05) is 6.04 Å². The third kappa shape index (κ3) is 5.38. The summed E-state index contributed by atoms with van der Waals surface area (Å²) in [7, 11) is 0. The average Bonchev–Trinajstić information content (AvgIpc) is 2.35. The Kier molecular flexibility index (Phi) is 5.83. The minimum absolute atomic E-state index is 0.0735. The molecular formula is C14H21F3N2O. The largest absolute Gasteiger partial charge is 0.573 e. The molecule has 0 fully saturated rings. The molecule has 1 rings (SSSR count). The molecule has 0 aromatic heterocycles. The van der Waals surface area contributed by atoms with Crippen molar-refractivity contribution in [1.82, 2.24) is 5.43 Å². The summed E-state index contributed by atoms with van der Waals surface area (Å²) in [6, 6.07) is 5.95. The summed E-state index contributed by atoms with van der Waals surface area (Å²) in [5.74, 6) is 6.15. The Bertz CT molecular complexity index is 404. The average molecular weight is 290 g/mol. The van der Waals surface area contributed by atoms with Crippen LogP contribution in [-0.2, 0) is 6.42 Å². The fourth-order valence-corrected chi connectivity index (χ4v) is 1.94. The summed E-state index contributed by atoms with van der Waals surface area (Å²) < 4.78 is 40.0. The molecule has 0 spiro atoms. The lowest BCUT2D eigenvalue weighted by Crippen LogP contribution is -2.43. The zero-order chi connectivity index (χ0) is 15.3. The molecule has 6 heteroatoms. The van der Waals surface area contributed by atoms with Gasteiger partial charge in [0.2, 0.25) is 0 Å². The smallest absolute Gasteiger partial charge is 0.406 e.